The summed E-state index contributed by atoms with van der Waals surface area (Å²) in [4.78, 5) is 0. The van der Waals surface area contributed by atoms with E-state index < -0.39 is 5.60 Å². The molecule has 0 radical (unpaired) electrons. The van der Waals surface area contributed by atoms with Crippen LogP contribution in [-0.2, 0) is 0 Å². The number of benzene rings is 1. The van der Waals surface area contributed by atoms with Gasteiger partial charge >= 0.3 is 0 Å². The summed E-state index contributed by atoms with van der Waals surface area (Å²) in [5.41, 5.74) is 0.237. The Hall–Kier alpha value is -0.250. The summed E-state index contributed by atoms with van der Waals surface area (Å²) < 4.78 is 0.984. The smallest absolute Gasteiger partial charge is 0.0638 e. The third-order valence-corrected chi connectivity index (χ3v) is 2.80. The molecule has 2 N–H and O–H groups in total. The quantitative estimate of drug-likeness (QED) is 0.887. The highest BCUT2D eigenvalue weighted by Gasteiger charge is 2.11. The van der Waals surface area contributed by atoms with Crippen molar-refractivity contribution >= 4 is 33.2 Å². The number of rotatable bonds is 4. The average molecular weight is 293 g/mol. The van der Waals surface area contributed by atoms with E-state index in [-0.39, 0.29) is 0 Å². The zero-order chi connectivity index (χ0) is 11.5. The molecule has 0 unspecified atom stereocenters. The Morgan fingerprint density at radius 2 is 2.13 bits per heavy atom. The maximum Gasteiger partial charge on any atom is 0.0638 e. The van der Waals surface area contributed by atoms with Gasteiger partial charge in [0.1, 0.15) is 0 Å². The standard InChI is InChI=1S/C11H15BrClNO/c1-11(2,15)5-6-14-10-7-8(12)3-4-9(10)13/h3-4,7,14-15H,5-6H2,1-2H3. The first-order valence-electron chi connectivity index (χ1n) is 4.80. The highest BCUT2D eigenvalue weighted by molar-refractivity contribution is 9.10. The number of halogens is 2. The second-order valence-corrected chi connectivity index (χ2v) is 5.44. The van der Waals surface area contributed by atoms with E-state index in [9.17, 15) is 5.11 Å². The second-order valence-electron chi connectivity index (χ2n) is 4.11. The molecule has 15 heavy (non-hydrogen) atoms. The highest BCUT2D eigenvalue weighted by atomic mass is 79.9. The van der Waals surface area contributed by atoms with Crippen molar-refractivity contribution in [2.75, 3.05) is 11.9 Å². The molecule has 0 aliphatic carbocycles. The van der Waals surface area contributed by atoms with Gasteiger partial charge < -0.3 is 10.4 Å². The van der Waals surface area contributed by atoms with E-state index in [2.05, 4.69) is 21.2 Å². The Morgan fingerprint density at radius 3 is 2.73 bits per heavy atom. The van der Waals surface area contributed by atoms with Gasteiger partial charge in [0.25, 0.3) is 0 Å². The fraction of sp³-hybridized carbons (Fsp3) is 0.455. The van der Waals surface area contributed by atoms with Gasteiger partial charge in [0.15, 0.2) is 0 Å². The monoisotopic (exact) mass is 291 g/mol. The zero-order valence-electron chi connectivity index (χ0n) is 8.85. The normalized spacial score (nSPS) is 11.5. The van der Waals surface area contributed by atoms with Crippen LogP contribution < -0.4 is 5.32 Å². The molecule has 0 amide bonds. The molecule has 0 aromatic heterocycles. The third kappa shape index (κ3) is 4.87. The van der Waals surface area contributed by atoms with Crippen LogP contribution in [0.1, 0.15) is 20.3 Å². The third-order valence-electron chi connectivity index (χ3n) is 1.98. The summed E-state index contributed by atoms with van der Waals surface area (Å²) in [7, 11) is 0. The maximum atomic E-state index is 9.54. The van der Waals surface area contributed by atoms with Crippen molar-refractivity contribution in [3.8, 4) is 0 Å². The van der Waals surface area contributed by atoms with Crippen molar-refractivity contribution in [3.63, 3.8) is 0 Å². The molecular weight excluding hydrogens is 277 g/mol. The van der Waals surface area contributed by atoms with Crippen LogP contribution in [0.2, 0.25) is 5.02 Å². The first-order valence-corrected chi connectivity index (χ1v) is 5.97. The van der Waals surface area contributed by atoms with Crippen LogP contribution in [0, 0.1) is 0 Å². The molecule has 0 bridgehead atoms. The van der Waals surface area contributed by atoms with Gasteiger partial charge in [-0.3, -0.25) is 0 Å². The number of hydrogen-bond donors (Lipinski definition) is 2. The molecule has 1 aromatic rings. The van der Waals surface area contributed by atoms with E-state index in [4.69, 9.17) is 11.6 Å². The fourth-order valence-electron chi connectivity index (χ4n) is 1.14. The van der Waals surface area contributed by atoms with Gasteiger partial charge in [-0.05, 0) is 38.5 Å². The van der Waals surface area contributed by atoms with Crippen molar-refractivity contribution in [2.24, 2.45) is 0 Å². The molecule has 0 atom stereocenters. The molecule has 0 aliphatic heterocycles. The first kappa shape index (κ1) is 12.8. The molecular formula is C11H15BrClNO. The lowest BCUT2D eigenvalue weighted by atomic mass is 10.1. The lowest BCUT2D eigenvalue weighted by Gasteiger charge is -2.18. The molecule has 0 aliphatic rings. The van der Waals surface area contributed by atoms with Crippen molar-refractivity contribution in [1.82, 2.24) is 0 Å². The van der Waals surface area contributed by atoms with Crippen molar-refractivity contribution in [2.45, 2.75) is 25.9 Å². The molecule has 0 saturated heterocycles. The van der Waals surface area contributed by atoms with Gasteiger partial charge in [0, 0.05) is 11.0 Å². The van der Waals surface area contributed by atoms with Crippen LogP contribution in [-0.4, -0.2) is 17.3 Å². The van der Waals surface area contributed by atoms with Gasteiger partial charge in [0.2, 0.25) is 0 Å². The van der Waals surface area contributed by atoms with Crippen LogP contribution in [0.15, 0.2) is 22.7 Å². The minimum absolute atomic E-state index is 0.647. The molecule has 0 fully saturated rings. The molecule has 2 nitrogen and oxygen atoms in total. The second kappa shape index (κ2) is 5.19. The zero-order valence-corrected chi connectivity index (χ0v) is 11.2. The van der Waals surface area contributed by atoms with E-state index in [0.717, 1.165) is 10.2 Å². The molecule has 0 saturated carbocycles. The lowest BCUT2D eigenvalue weighted by molar-refractivity contribution is 0.0749. The molecule has 0 spiro atoms. The number of anilines is 1. The van der Waals surface area contributed by atoms with Crippen LogP contribution in [0.3, 0.4) is 0 Å². The predicted molar refractivity (Wildman–Crippen MR) is 68.6 cm³/mol. The van der Waals surface area contributed by atoms with E-state index in [1.807, 2.05) is 18.2 Å². The van der Waals surface area contributed by atoms with Crippen LogP contribution >= 0.6 is 27.5 Å². The minimum Gasteiger partial charge on any atom is -0.390 e. The summed E-state index contributed by atoms with van der Waals surface area (Å²) in [6.45, 7) is 4.27. The topological polar surface area (TPSA) is 32.3 Å². The first-order chi connectivity index (χ1) is 6.88. The Bertz CT molecular complexity index is 336. The van der Waals surface area contributed by atoms with E-state index in [0.29, 0.717) is 18.0 Å². The minimum atomic E-state index is -0.647. The SMILES string of the molecule is CC(C)(O)CCNc1cc(Br)ccc1Cl. The number of aliphatic hydroxyl groups is 1. The molecule has 84 valence electrons. The van der Waals surface area contributed by atoms with E-state index in [1.165, 1.54) is 0 Å². The van der Waals surface area contributed by atoms with Crippen LogP contribution in [0.5, 0.6) is 0 Å². The van der Waals surface area contributed by atoms with E-state index >= 15 is 0 Å². The Labute approximate surface area is 104 Å². The summed E-state index contributed by atoms with van der Waals surface area (Å²) >= 11 is 9.38. The maximum absolute atomic E-state index is 9.54. The Balaban J connectivity index is 2.54. The van der Waals surface area contributed by atoms with Gasteiger partial charge in [-0.1, -0.05) is 27.5 Å². The summed E-state index contributed by atoms with van der Waals surface area (Å²) in [5.74, 6) is 0. The molecule has 0 heterocycles. The summed E-state index contributed by atoms with van der Waals surface area (Å²) in [6.07, 6.45) is 0.676. The van der Waals surface area contributed by atoms with E-state index in [1.54, 1.807) is 13.8 Å². The van der Waals surface area contributed by atoms with Crippen LogP contribution in [0.4, 0.5) is 5.69 Å². The van der Waals surface area contributed by atoms with Gasteiger partial charge in [0.05, 0.1) is 16.3 Å². The summed E-state index contributed by atoms with van der Waals surface area (Å²) in [6, 6.07) is 5.65. The van der Waals surface area contributed by atoms with Gasteiger partial charge in [-0.25, -0.2) is 0 Å². The summed E-state index contributed by atoms with van der Waals surface area (Å²) in [5, 5.41) is 13.4. The largest absolute Gasteiger partial charge is 0.390 e. The number of hydrogen-bond acceptors (Lipinski definition) is 2. The molecule has 4 heteroatoms. The van der Waals surface area contributed by atoms with Gasteiger partial charge in [-0.15, -0.1) is 0 Å². The van der Waals surface area contributed by atoms with Crippen molar-refractivity contribution < 1.29 is 5.11 Å². The Morgan fingerprint density at radius 1 is 1.47 bits per heavy atom. The number of nitrogens with one attached hydrogen (secondary N) is 1. The van der Waals surface area contributed by atoms with Crippen molar-refractivity contribution in [1.29, 1.82) is 0 Å². The predicted octanol–water partition coefficient (Wildman–Crippen LogP) is 3.68. The lowest BCUT2D eigenvalue weighted by Crippen LogP contribution is -2.22. The average Bonchev–Trinajstić information content (AvgIpc) is 2.09. The molecule has 1 rings (SSSR count). The van der Waals surface area contributed by atoms with Crippen LogP contribution in [0.25, 0.3) is 0 Å². The highest BCUT2D eigenvalue weighted by Crippen LogP contribution is 2.25. The fourth-order valence-corrected chi connectivity index (χ4v) is 1.68. The van der Waals surface area contributed by atoms with Gasteiger partial charge in [-0.2, -0.15) is 0 Å². The van der Waals surface area contributed by atoms with Crippen molar-refractivity contribution in [3.05, 3.63) is 27.7 Å². The molecule has 1 aromatic carbocycles. The Kier molecular flexibility index (Phi) is 4.44.